The smallest absolute Gasteiger partial charge is 0.240 e. The Morgan fingerprint density at radius 1 is 1.44 bits per heavy atom. The van der Waals surface area contributed by atoms with Crippen molar-refractivity contribution in [3.8, 4) is 5.75 Å². The van der Waals surface area contributed by atoms with Gasteiger partial charge in [-0.15, -0.1) is 0 Å². The van der Waals surface area contributed by atoms with E-state index in [1.165, 1.54) is 13.2 Å². The number of ether oxygens (including phenoxy) is 1. The molecule has 0 aliphatic carbocycles. The molecule has 0 heterocycles. The molecule has 1 unspecified atom stereocenters. The highest BCUT2D eigenvalue weighted by Crippen LogP contribution is 2.20. The highest BCUT2D eigenvalue weighted by molar-refractivity contribution is 7.89. The molecule has 6 nitrogen and oxygen atoms in total. The topological polar surface area (TPSA) is 90.7 Å². The van der Waals surface area contributed by atoms with Gasteiger partial charge in [0.2, 0.25) is 10.0 Å². The zero-order valence-corrected chi connectivity index (χ0v) is 11.5. The lowest BCUT2D eigenvalue weighted by Crippen LogP contribution is -2.33. The van der Waals surface area contributed by atoms with Crippen molar-refractivity contribution in [2.75, 3.05) is 13.7 Å². The standard InChI is InChI=1S/C11H18N2O4S/c1-8-6-10(16-3)4-5-11(8)18(14,15)13-7-9(2)17-12/h4-6,9,13H,7,12H2,1-3H3. The van der Waals surface area contributed by atoms with E-state index in [-0.39, 0.29) is 11.4 Å². The number of benzene rings is 1. The van der Waals surface area contributed by atoms with Gasteiger partial charge in [-0.1, -0.05) is 0 Å². The molecule has 18 heavy (non-hydrogen) atoms. The van der Waals surface area contributed by atoms with Crippen molar-refractivity contribution in [3.05, 3.63) is 23.8 Å². The fourth-order valence-electron chi connectivity index (χ4n) is 1.40. The zero-order valence-electron chi connectivity index (χ0n) is 10.6. The average molecular weight is 274 g/mol. The van der Waals surface area contributed by atoms with Gasteiger partial charge in [0.05, 0.1) is 18.1 Å². The van der Waals surface area contributed by atoms with Crippen molar-refractivity contribution in [1.82, 2.24) is 4.72 Å². The van der Waals surface area contributed by atoms with Crippen LogP contribution < -0.4 is 15.4 Å². The van der Waals surface area contributed by atoms with Gasteiger partial charge in [0, 0.05) is 6.54 Å². The Hall–Kier alpha value is -1.15. The van der Waals surface area contributed by atoms with Gasteiger partial charge in [-0.3, -0.25) is 0 Å². The molecule has 0 saturated heterocycles. The second kappa shape index (κ2) is 6.14. The highest BCUT2D eigenvalue weighted by Gasteiger charge is 2.17. The third-order valence-corrected chi connectivity index (χ3v) is 4.05. The fraction of sp³-hybridized carbons (Fsp3) is 0.455. The quantitative estimate of drug-likeness (QED) is 0.740. The molecule has 1 aromatic rings. The molecular weight excluding hydrogens is 256 g/mol. The normalized spacial score (nSPS) is 13.3. The van der Waals surface area contributed by atoms with Crippen molar-refractivity contribution in [3.63, 3.8) is 0 Å². The molecule has 0 amide bonds. The van der Waals surface area contributed by atoms with Crippen molar-refractivity contribution < 1.29 is 18.0 Å². The van der Waals surface area contributed by atoms with Gasteiger partial charge in [-0.05, 0) is 37.6 Å². The third-order valence-electron chi connectivity index (χ3n) is 2.46. The number of hydrogen-bond donors (Lipinski definition) is 2. The van der Waals surface area contributed by atoms with E-state index < -0.39 is 16.1 Å². The molecule has 7 heteroatoms. The lowest BCUT2D eigenvalue weighted by molar-refractivity contribution is 0.0702. The number of nitrogens with one attached hydrogen (secondary N) is 1. The fourth-order valence-corrected chi connectivity index (χ4v) is 2.74. The van der Waals surface area contributed by atoms with Crippen LogP contribution in [-0.2, 0) is 14.9 Å². The molecule has 102 valence electrons. The molecular formula is C11H18N2O4S. The average Bonchev–Trinajstić information content (AvgIpc) is 2.35. The van der Waals surface area contributed by atoms with Gasteiger partial charge in [-0.25, -0.2) is 19.0 Å². The number of aryl methyl sites for hydroxylation is 1. The summed E-state index contributed by atoms with van der Waals surface area (Å²) in [6, 6.07) is 4.77. The highest BCUT2D eigenvalue weighted by atomic mass is 32.2. The minimum atomic E-state index is -3.56. The predicted octanol–water partition coefficient (Wildman–Crippen LogP) is 0.561. The van der Waals surface area contributed by atoms with Crippen molar-refractivity contribution >= 4 is 10.0 Å². The van der Waals surface area contributed by atoms with Crippen molar-refractivity contribution in [2.24, 2.45) is 5.90 Å². The second-order valence-electron chi connectivity index (χ2n) is 3.93. The van der Waals surface area contributed by atoms with Gasteiger partial charge >= 0.3 is 0 Å². The summed E-state index contributed by atoms with van der Waals surface area (Å²) in [5.41, 5.74) is 0.614. The first-order valence-corrected chi connectivity index (χ1v) is 6.89. The first kappa shape index (κ1) is 14.9. The van der Waals surface area contributed by atoms with Crippen LogP contribution in [0, 0.1) is 6.92 Å². The van der Waals surface area contributed by atoms with E-state index in [4.69, 9.17) is 10.6 Å². The second-order valence-corrected chi connectivity index (χ2v) is 5.67. The lowest BCUT2D eigenvalue weighted by atomic mass is 10.2. The largest absolute Gasteiger partial charge is 0.497 e. The monoisotopic (exact) mass is 274 g/mol. The van der Waals surface area contributed by atoms with Gasteiger partial charge < -0.3 is 9.57 Å². The number of sulfonamides is 1. The molecule has 1 rings (SSSR count). The van der Waals surface area contributed by atoms with E-state index >= 15 is 0 Å². The molecule has 0 radical (unpaired) electrons. The van der Waals surface area contributed by atoms with Crippen LogP contribution in [0.5, 0.6) is 5.75 Å². The molecule has 0 aromatic heterocycles. The van der Waals surface area contributed by atoms with E-state index in [0.29, 0.717) is 11.3 Å². The van der Waals surface area contributed by atoms with E-state index in [2.05, 4.69) is 9.56 Å². The lowest BCUT2D eigenvalue weighted by Gasteiger charge is -2.12. The molecule has 1 atom stereocenters. The molecule has 0 aliphatic heterocycles. The number of hydrogen-bond acceptors (Lipinski definition) is 5. The van der Waals surface area contributed by atoms with Crippen molar-refractivity contribution in [2.45, 2.75) is 24.8 Å². The van der Waals surface area contributed by atoms with Gasteiger partial charge in [0.25, 0.3) is 0 Å². The maximum atomic E-state index is 12.0. The van der Waals surface area contributed by atoms with E-state index in [9.17, 15) is 8.42 Å². The summed E-state index contributed by atoms with van der Waals surface area (Å²) < 4.78 is 31.5. The zero-order chi connectivity index (χ0) is 13.8. The molecule has 1 aromatic carbocycles. The van der Waals surface area contributed by atoms with Crippen LogP contribution in [0.1, 0.15) is 12.5 Å². The van der Waals surface area contributed by atoms with Gasteiger partial charge in [0.1, 0.15) is 5.75 Å². The van der Waals surface area contributed by atoms with Crippen LogP contribution in [0.3, 0.4) is 0 Å². The summed E-state index contributed by atoms with van der Waals surface area (Å²) in [4.78, 5) is 4.72. The Morgan fingerprint density at radius 3 is 2.61 bits per heavy atom. The Labute approximate surface area is 107 Å². The molecule has 0 aliphatic rings. The van der Waals surface area contributed by atoms with Crippen LogP contribution in [0.25, 0.3) is 0 Å². The summed E-state index contributed by atoms with van der Waals surface area (Å²) in [6.07, 6.45) is -0.390. The Bertz CT molecular complexity index is 502. The van der Waals surface area contributed by atoms with Crippen LogP contribution in [0.4, 0.5) is 0 Å². The minimum absolute atomic E-state index is 0.115. The first-order valence-electron chi connectivity index (χ1n) is 5.40. The molecule has 3 N–H and O–H groups in total. The van der Waals surface area contributed by atoms with E-state index in [1.54, 1.807) is 26.0 Å². The maximum Gasteiger partial charge on any atom is 0.240 e. The summed E-state index contributed by atoms with van der Waals surface area (Å²) in [5.74, 6) is 5.57. The SMILES string of the molecule is COc1ccc(S(=O)(=O)NCC(C)ON)c(C)c1. The summed E-state index contributed by atoms with van der Waals surface area (Å²) in [7, 11) is -2.03. The third kappa shape index (κ3) is 3.67. The molecule has 0 fully saturated rings. The minimum Gasteiger partial charge on any atom is -0.497 e. The molecule has 0 spiro atoms. The number of nitrogens with two attached hydrogens (primary N) is 1. The Balaban J connectivity index is 2.91. The van der Waals surface area contributed by atoms with Crippen LogP contribution in [0.15, 0.2) is 23.1 Å². The van der Waals surface area contributed by atoms with Crippen LogP contribution in [0.2, 0.25) is 0 Å². The van der Waals surface area contributed by atoms with Crippen molar-refractivity contribution in [1.29, 1.82) is 0 Å². The predicted molar refractivity (Wildman–Crippen MR) is 67.7 cm³/mol. The summed E-state index contributed by atoms with van der Waals surface area (Å²) >= 11 is 0. The molecule has 0 saturated carbocycles. The van der Waals surface area contributed by atoms with E-state index in [1.807, 2.05) is 0 Å². The van der Waals surface area contributed by atoms with Crippen LogP contribution >= 0.6 is 0 Å². The number of rotatable bonds is 6. The molecule has 0 bridgehead atoms. The van der Waals surface area contributed by atoms with Crippen LogP contribution in [-0.4, -0.2) is 28.2 Å². The summed E-state index contributed by atoms with van der Waals surface area (Å²) in [6.45, 7) is 3.49. The Kier molecular flexibility index (Phi) is 5.09. The summed E-state index contributed by atoms with van der Waals surface area (Å²) in [5, 5.41) is 0. The van der Waals surface area contributed by atoms with E-state index in [0.717, 1.165) is 0 Å². The van der Waals surface area contributed by atoms with Gasteiger partial charge in [0.15, 0.2) is 0 Å². The van der Waals surface area contributed by atoms with Gasteiger partial charge in [-0.2, -0.15) is 0 Å². The maximum absolute atomic E-state index is 12.0. The Morgan fingerprint density at radius 2 is 2.11 bits per heavy atom. The first-order chi connectivity index (χ1) is 8.40. The number of methoxy groups -OCH3 is 1.